The fourth-order valence-electron chi connectivity index (χ4n) is 2.87. The molecule has 14 heteroatoms. The normalized spacial score (nSPS) is 9.97. The summed E-state index contributed by atoms with van der Waals surface area (Å²) in [4.78, 5) is 34.0. The first kappa shape index (κ1) is 28.0. The maximum absolute atomic E-state index is 14.6. The lowest BCUT2D eigenvalue weighted by molar-refractivity contribution is 0.102. The van der Waals surface area contributed by atoms with Gasteiger partial charge in [0.05, 0.1) is 11.3 Å². The van der Waals surface area contributed by atoms with Crippen molar-refractivity contribution in [3.8, 4) is 11.5 Å². The second-order valence-electron chi connectivity index (χ2n) is 6.84. The Labute approximate surface area is 213 Å². The summed E-state index contributed by atoms with van der Waals surface area (Å²) in [5.41, 5.74) is 4.47. The predicted octanol–water partition coefficient (Wildman–Crippen LogP) is 4.80. The largest absolute Gasteiger partial charge is 0.454 e. The van der Waals surface area contributed by atoms with E-state index in [2.05, 4.69) is 25.6 Å². The van der Waals surface area contributed by atoms with Crippen LogP contribution in [0.25, 0.3) is 0 Å². The maximum atomic E-state index is 14.6. The highest BCUT2D eigenvalue weighted by atomic mass is 35.5. The van der Waals surface area contributed by atoms with Gasteiger partial charge in [-0.05, 0) is 30.3 Å². The van der Waals surface area contributed by atoms with Crippen molar-refractivity contribution in [1.29, 1.82) is 0 Å². The van der Waals surface area contributed by atoms with Crippen LogP contribution in [0.5, 0.6) is 11.5 Å². The molecule has 0 radical (unpaired) electrons. The van der Waals surface area contributed by atoms with Crippen molar-refractivity contribution >= 4 is 53.7 Å². The third-order valence-corrected chi connectivity index (χ3v) is 4.42. The van der Waals surface area contributed by atoms with Gasteiger partial charge in [0.2, 0.25) is 0 Å². The number of halogens is 5. The number of aromatic amines is 1. The minimum atomic E-state index is -0.992. The molecule has 0 aliphatic rings. The Kier molecular flexibility index (Phi) is 9.25. The SMILES string of the molecule is Cl.Cl.Nc1cc(Oc2ccc(Nc3[nH]c(=O)ncc3C(=O)Nc3ccc(F)cc3F)cc2F)ccn1. The number of rotatable bonds is 6. The molecule has 0 atom stereocenters. The van der Waals surface area contributed by atoms with Gasteiger partial charge in [-0.2, -0.15) is 0 Å². The van der Waals surface area contributed by atoms with E-state index in [1.54, 1.807) is 0 Å². The zero-order chi connectivity index (χ0) is 24.2. The molecule has 2 aromatic heterocycles. The van der Waals surface area contributed by atoms with Gasteiger partial charge in [0, 0.05) is 36.3 Å². The van der Waals surface area contributed by atoms with E-state index in [-0.39, 0.29) is 64.9 Å². The van der Waals surface area contributed by atoms with Crippen LogP contribution >= 0.6 is 24.8 Å². The molecule has 0 spiro atoms. The Bertz CT molecular complexity index is 1450. The van der Waals surface area contributed by atoms with E-state index in [0.717, 1.165) is 24.4 Å². The average Bonchev–Trinajstić information content (AvgIpc) is 2.78. The number of aromatic nitrogens is 3. The number of amides is 1. The van der Waals surface area contributed by atoms with Gasteiger partial charge in [0.15, 0.2) is 11.6 Å². The fourth-order valence-corrected chi connectivity index (χ4v) is 2.87. The summed E-state index contributed by atoms with van der Waals surface area (Å²) in [5, 5.41) is 4.97. The highest BCUT2D eigenvalue weighted by Crippen LogP contribution is 2.28. The molecular formula is C22H17Cl2F3N6O3. The van der Waals surface area contributed by atoms with Crippen LogP contribution in [-0.2, 0) is 0 Å². The van der Waals surface area contributed by atoms with Crippen LogP contribution < -0.4 is 26.8 Å². The summed E-state index contributed by atoms with van der Waals surface area (Å²) >= 11 is 0. The fraction of sp³-hybridized carbons (Fsp3) is 0. The third-order valence-electron chi connectivity index (χ3n) is 4.42. The number of pyridine rings is 1. The third kappa shape index (κ3) is 6.64. The summed E-state index contributed by atoms with van der Waals surface area (Å²) in [6.07, 6.45) is 2.36. The van der Waals surface area contributed by atoms with Crippen molar-refractivity contribution < 1.29 is 22.7 Å². The molecular weight excluding hydrogens is 524 g/mol. The van der Waals surface area contributed by atoms with Crippen LogP contribution in [0.2, 0.25) is 0 Å². The molecule has 0 saturated heterocycles. The lowest BCUT2D eigenvalue weighted by atomic mass is 10.2. The van der Waals surface area contributed by atoms with Crippen molar-refractivity contribution in [1.82, 2.24) is 15.0 Å². The molecule has 0 saturated carbocycles. The molecule has 0 bridgehead atoms. The number of carbonyl (C=O) groups is 1. The van der Waals surface area contributed by atoms with Crippen LogP contribution in [0.4, 0.5) is 36.2 Å². The first-order valence-electron chi connectivity index (χ1n) is 9.60. The number of ether oxygens (including phenoxy) is 1. The lowest BCUT2D eigenvalue weighted by Crippen LogP contribution is -2.20. The number of hydrogen-bond donors (Lipinski definition) is 4. The van der Waals surface area contributed by atoms with Gasteiger partial charge in [-0.1, -0.05) is 0 Å². The van der Waals surface area contributed by atoms with Crippen LogP contribution in [0.15, 0.2) is 65.7 Å². The van der Waals surface area contributed by atoms with E-state index >= 15 is 0 Å². The summed E-state index contributed by atoms with van der Waals surface area (Å²) < 4.78 is 47.0. The second kappa shape index (κ2) is 11.9. The van der Waals surface area contributed by atoms with Gasteiger partial charge in [0.1, 0.15) is 29.0 Å². The van der Waals surface area contributed by atoms with E-state index < -0.39 is 29.0 Å². The molecule has 188 valence electrons. The van der Waals surface area contributed by atoms with Crippen molar-refractivity contribution in [3.63, 3.8) is 0 Å². The molecule has 0 fully saturated rings. The van der Waals surface area contributed by atoms with E-state index in [9.17, 15) is 22.8 Å². The van der Waals surface area contributed by atoms with E-state index in [4.69, 9.17) is 10.5 Å². The molecule has 36 heavy (non-hydrogen) atoms. The summed E-state index contributed by atoms with van der Waals surface area (Å²) in [6.45, 7) is 0. The average molecular weight is 541 g/mol. The highest BCUT2D eigenvalue weighted by molar-refractivity contribution is 6.07. The van der Waals surface area contributed by atoms with Crippen LogP contribution in [0.1, 0.15) is 10.4 Å². The zero-order valence-electron chi connectivity index (χ0n) is 17.9. The van der Waals surface area contributed by atoms with E-state index in [0.29, 0.717) is 6.07 Å². The van der Waals surface area contributed by atoms with Gasteiger partial charge in [-0.3, -0.25) is 9.78 Å². The Balaban J connectivity index is 0.00000228. The molecule has 0 unspecified atom stereocenters. The minimum absolute atomic E-state index is 0. The Morgan fingerprint density at radius 2 is 1.75 bits per heavy atom. The molecule has 2 aromatic carbocycles. The topological polar surface area (TPSA) is 135 Å². The molecule has 2 heterocycles. The molecule has 0 aliphatic carbocycles. The van der Waals surface area contributed by atoms with Crippen molar-refractivity contribution in [2.75, 3.05) is 16.4 Å². The Morgan fingerprint density at radius 3 is 2.44 bits per heavy atom. The molecule has 4 aromatic rings. The van der Waals surface area contributed by atoms with Crippen molar-refractivity contribution in [2.45, 2.75) is 0 Å². The zero-order valence-corrected chi connectivity index (χ0v) is 19.6. The lowest BCUT2D eigenvalue weighted by Gasteiger charge is -2.13. The quantitative estimate of drug-likeness (QED) is 0.276. The number of nitrogen functional groups attached to an aromatic ring is 1. The van der Waals surface area contributed by atoms with Crippen LogP contribution in [0, 0.1) is 17.5 Å². The Morgan fingerprint density at radius 1 is 0.972 bits per heavy atom. The monoisotopic (exact) mass is 540 g/mol. The summed E-state index contributed by atoms with van der Waals surface area (Å²) in [7, 11) is 0. The minimum Gasteiger partial charge on any atom is -0.454 e. The van der Waals surface area contributed by atoms with Gasteiger partial charge >= 0.3 is 5.69 Å². The number of nitrogens with two attached hydrogens (primary N) is 1. The van der Waals surface area contributed by atoms with E-state index in [1.165, 1.54) is 30.5 Å². The summed E-state index contributed by atoms with van der Waals surface area (Å²) in [5.74, 6) is -3.18. The Hall–Kier alpha value is -4.29. The van der Waals surface area contributed by atoms with E-state index in [1.807, 2.05) is 0 Å². The number of H-pyrrole nitrogens is 1. The molecule has 0 aliphatic heterocycles. The number of anilines is 4. The van der Waals surface area contributed by atoms with Crippen molar-refractivity contribution in [2.24, 2.45) is 0 Å². The van der Waals surface area contributed by atoms with Gasteiger partial charge < -0.3 is 21.1 Å². The van der Waals surface area contributed by atoms with Gasteiger partial charge in [-0.25, -0.2) is 27.9 Å². The molecule has 1 amide bonds. The standard InChI is InChI=1S/C22H15F3N6O3.2ClH/c23-11-1-3-17(15(24)7-11)30-21(32)14-10-28-22(33)31-20(14)29-12-2-4-18(16(25)8-12)34-13-5-6-27-19(26)9-13;;/h1-10H,(H2,26,27)(H,30,32)(H2,28,29,31,33);2*1H. The molecule has 5 N–H and O–H groups in total. The molecule has 4 rings (SSSR count). The predicted molar refractivity (Wildman–Crippen MR) is 132 cm³/mol. The number of nitrogens with zero attached hydrogens (tertiary/aromatic N) is 2. The number of benzene rings is 2. The number of nitrogens with one attached hydrogen (secondary N) is 3. The first-order valence-corrected chi connectivity index (χ1v) is 9.60. The van der Waals surface area contributed by atoms with Crippen LogP contribution in [0.3, 0.4) is 0 Å². The highest BCUT2D eigenvalue weighted by Gasteiger charge is 2.17. The summed E-state index contributed by atoms with van der Waals surface area (Å²) in [6, 6.07) is 9.35. The smallest absolute Gasteiger partial charge is 0.346 e. The number of carbonyl (C=O) groups excluding carboxylic acids is 1. The first-order chi connectivity index (χ1) is 16.3. The number of hydrogen-bond acceptors (Lipinski definition) is 7. The van der Waals surface area contributed by atoms with Crippen molar-refractivity contribution in [3.05, 3.63) is 94.4 Å². The second-order valence-corrected chi connectivity index (χ2v) is 6.84. The van der Waals surface area contributed by atoms with Crippen LogP contribution in [-0.4, -0.2) is 20.9 Å². The molecule has 9 nitrogen and oxygen atoms in total. The van der Waals surface area contributed by atoms with Gasteiger partial charge in [0.25, 0.3) is 5.91 Å². The maximum Gasteiger partial charge on any atom is 0.346 e. The van der Waals surface area contributed by atoms with Gasteiger partial charge in [-0.15, -0.1) is 24.8 Å².